The number of nitrogens with one attached hydrogen (secondary N) is 1. The molecule has 4 aromatic rings. The van der Waals surface area contributed by atoms with E-state index in [2.05, 4.69) is 10.3 Å². The summed E-state index contributed by atoms with van der Waals surface area (Å²) in [5, 5.41) is 3.01. The Morgan fingerprint density at radius 3 is 2.51 bits per heavy atom. The van der Waals surface area contributed by atoms with Crippen molar-refractivity contribution < 1.29 is 18.7 Å². The predicted octanol–water partition coefficient (Wildman–Crippen LogP) is 5.45. The van der Waals surface area contributed by atoms with Gasteiger partial charge in [-0.3, -0.25) is 9.59 Å². The van der Waals surface area contributed by atoms with Crippen LogP contribution in [0.15, 0.2) is 77.2 Å². The highest BCUT2D eigenvalue weighted by atomic mass is 16.5. The molecule has 2 heterocycles. The van der Waals surface area contributed by atoms with E-state index in [0.29, 0.717) is 49.7 Å². The molecule has 0 bridgehead atoms. The van der Waals surface area contributed by atoms with Gasteiger partial charge in [-0.2, -0.15) is 0 Å². The molecular weight excluding hydrogens is 466 g/mol. The van der Waals surface area contributed by atoms with Crippen LogP contribution in [0.1, 0.15) is 42.1 Å². The van der Waals surface area contributed by atoms with Crippen LogP contribution in [0.2, 0.25) is 0 Å². The van der Waals surface area contributed by atoms with Gasteiger partial charge in [0.15, 0.2) is 5.58 Å². The first-order valence-corrected chi connectivity index (χ1v) is 12.8. The number of fused-ring (bicyclic) bond motifs is 1. The number of rotatable bonds is 8. The smallest absolute Gasteiger partial charge is 0.253 e. The molecule has 0 aliphatic carbocycles. The van der Waals surface area contributed by atoms with Crippen molar-refractivity contribution in [2.75, 3.05) is 19.7 Å². The lowest BCUT2D eigenvalue weighted by Crippen LogP contribution is -2.39. The topological polar surface area (TPSA) is 84.7 Å². The van der Waals surface area contributed by atoms with Gasteiger partial charge in [0.2, 0.25) is 11.8 Å². The summed E-state index contributed by atoms with van der Waals surface area (Å²) in [5.41, 5.74) is 3.86. The highest BCUT2D eigenvalue weighted by Gasteiger charge is 2.25. The van der Waals surface area contributed by atoms with E-state index in [1.165, 1.54) is 0 Å². The normalized spacial score (nSPS) is 14.0. The van der Waals surface area contributed by atoms with Gasteiger partial charge in [-0.25, -0.2) is 4.98 Å². The zero-order chi connectivity index (χ0) is 25.6. The molecule has 0 spiro atoms. The van der Waals surface area contributed by atoms with Gasteiger partial charge in [0.1, 0.15) is 11.3 Å². The number of piperidine rings is 1. The van der Waals surface area contributed by atoms with Crippen LogP contribution in [0.3, 0.4) is 0 Å². The molecular formula is C30H31N3O4. The van der Waals surface area contributed by atoms with Crippen molar-refractivity contribution in [3.8, 4) is 17.2 Å². The van der Waals surface area contributed by atoms with E-state index in [0.717, 1.165) is 35.2 Å². The molecule has 2 amide bonds. The Hall–Kier alpha value is -4.13. The van der Waals surface area contributed by atoms with Gasteiger partial charge < -0.3 is 19.4 Å². The zero-order valence-corrected chi connectivity index (χ0v) is 21.0. The molecule has 1 aliphatic rings. The third kappa shape index (κ3) is 6.00. The van der Waals surface area contributed by atoms with Crippen LogP contribution >= 0.6 is 0 Å². The minimum absolute atomic E-state index is 0.0158. The van der Waals surface area contributed by atoms with Gasteiger partial charge in [0.25, 0.3) is 5.91 Å². The third-order valence-electron chi connectivity index (χ3n) is 6.76. The summed E-state index contributed by atoms with van der Waals surface area (Å²) in [4.78, 5) is 32.0. The number of likely N-dealkylation sites (tertiary alicyclic amines) is 1. The molecule has 5 rings (SSSR count). The van der Waals surface area contributed by atoms with Crippen molar-refractivity contribution in [2.24, 2.45) is 5.92 Å². The molecule has 0 unspecified atom stereocenters. The van der Waals surface area contributed by atoms with Gasteiger partial charge in [0, 0.05) is 37.2 Å². The van der Waals surface area contributed by atoms with Crippen molar-refractivity contribution in [3.63, 3.8) is 0 Å². The number of benzene rings is 3. The molecule has 7 nitrogen and oxygen atoms in total. The van der Waals surface area contributed by atoms with E-state index in [1.807, 2.05) is 78.6 Å². The quantitative estimate of drug-likeness (QED) is 0.350. The number of hydrogen-bond donors (Lipinski definition) is 1. The van der Waals surface area contributed by atoms with E-state index < -0.39 is 0 Å². The Bertz CT molecular complexity index is 1360. The van der Waals surface area contributed by atoms with Crippen LogP contribution in [0.5, 0.6) is 5.75 Å². The highest BCUT2D eigenvalue weighted by Crippen LogP contribution is 2.27. The number of oxazole rings is 1. The first kappa shape index (κ1) is 24.6. The Balaban J connectivity index is 1.11. The maximum Gasteiger partial charge on any atom is 0.253 e. The van der Waals surface area contributed by atoms with Crippen molar-refractivity contribution in [1.82, 2.24) is 15.2 Å². The summed E-state index contributed by atoms with van der Waals surface area (Å²) in [6.45, 7) is 4.36. The van der Waals surface area contributed by atoms with Crippen LogP contribution in [-0.2, 0) is 11.3 Å². The van der Waals surface area contributed by atoms with Crippen LogP contribution in [0.25, 0.3) is 22.6 Å². The number of nitrogens with zero attached hydrogens (tertiary/aromatic N) is 2. The molecule has 37 heavy (non-hydrogen) atoms. The van der Waals surface area contributed by atoms with Crippen LogP contribution in [-0.4, -0.2) is 41.4 Å². The summed E-state index contributed by atoms with van der Waals surface area (Å²) in [7, 11) is 0. The summed E-state index contributed by atoms with van der Waals surface area (Å²) in [6, 6.07) is 22.9. The Morgan fingerprint density at radius 1 is 1.03 bits per heavy atom. The van der Waals surface area contributed by atoms with Crippen LogP contribution in [0.4, 0.5) is 0 Å². The van der Waals surface area contributed by atoms with Crippen molar-refractivity contribution in [1.29, 1.82) is 0 Å². The summed E-state index contributed by atoms with van der Waals surface area (Å²) >= 11 is 0. The van der Waals surface area contributed by atoms with E-state index >= 15 is 0 Å². The maximum atomic E-state index is 13.1. The largest absolute Gasteiger partial charge is 0.494 e. The monoisotopic (exact) mass is 497 g/mol. The fourth-order valence-electron chi connectivity index (χ4n) is 4.69. The first-order chi connectivity index (χ1) is 18.1. The standard InChI is InChI=1S/C30H31N3O4/c1-2-36-25-11-8-22(9-12-25)20-31-28(34)18-21-14-16-33(17-15-21)30(35)24-10-13-26-27(19-24)37-29(32-26)23-6-4-3-5-7-23/h3-13,19,21H,2,14-18,20H2,1H3,(H,31,34). The van der Waals surface area contributed by atoms with Gasteiger partial charge in [-0.05, 0) is 73.7 Å². The second kappa shape index (κ2) is 11.3. The van der Waals surface area contributed by atoms with E-state index in [4.69, 9.17) is 9.15 Å². The first-order valence-electron chi connectivity index (χ1n) is 12.8. The Morgan fingerprint density at radius 2 is 1.78 bits per heavy atom. The Kier molecular flexibility index (Phi) is 7.49. The van der Waals surface area contributed by atoms with Crippen molar-refractivity contribution >= 4 is 22.9 Å². The lowest BCUT2D eigenvalue weighted by atomic mass is 9.92. The third-order valence-corrected chi connectivity index (χ3v) is 6.76. The van der Waals surface area contributed by atoms with E-state index in [1.54, 1.807) is 6.07 Å². The van der Waals surface area contributed by atoms with Crippen LogP contribution < -0.4 is 10.1 Å². The number of amides is 2. The molecule has 0 saturated carbocycles. The van der Waals surface area contributed by atoms with Crippen molar-refractivity contribution in [3.05, 3.63) is 83.9 Å². The molecule has 1 N–H and O–H groups in total. The molecule has 1 saturated heterocycles. The molecule has 190 valence electrons. The average Bonchev–Trinajstić information content (AvgIpc) is 3.37. The molecule has 1 aromatic heterocycles. The average molecular weight is 498 g/mol. The molecule has 1 aliphatic heterocycles. The number of carbonyl (C=O) groups excluding carboxylic acids is 2. The predicted molar refractivity (Wildman–Crippen MR) is 142 cm³/mol. The molecule has 1 fully saturated rings. The molecule has 0 radical (unpaired) electrons. The van der Waals surface area contributed by atoms with Crippen LogP contribution in [0, 0.1) is 5.92 Å². The fourth-order valence-corrected chi connectivity index (χ4v) is 4.69. The second-order valence-electron chi connectivity index (χ2n) is 9.36. The van der Waals surface area contributed by atoms with Gasteiger partial charge in [0.05, 0.1) is 6.61 Å². The number of ether oxygens (including phenoxy) is 1. The minimum Gasteiger partial charge on any atom is -0.494 e. The molecule has 3 aromatic carbocycles. The highest BCUT2D eigenvalue weighted by molar-refractivity contribution is 5.97. The van der Waals surface area contributed by atoms with E-state index in [9.17, 15) is 9.59 Å². The fraction of sp³-hybridized carbons (Fsp3) is 0.300. The summed E-state index contributed by atoms with van der Waals surface area (Å²) in [5.74, 6) is 1.68. The number of hydrogen-bond acceptors (Lipinski definition) is 5. The lowest BCUT2D eigenvalue weighted by molar-refractivity contribution is -0.122. The Labute approximate surface area is 216 Å². The van der Waals surface area contributed by atoms with Gasteiger partial charge in [-0.1, -0.05) is 30.3 Å². The van der Waals surface area contributed by atoms with Gasteiger partial charge in [-0.15, -0.1) is 0 Å². The second-order valence-corrected chi connectivity index (χ2v) is 9.36. The van der Waals surface area contributed by atoms with E-state index in [-0.39, 0.29) is 17.7 Å². The lowest BCUT2D eigenvalue weighted by Gasteiger charge is -2.31. The molecule has 7 heteroatoms. The van der Waals surface area contributed by atoms with Gasteiger partial charge >= 0.3 is 0 Å². The molecule has 0 atom stereocenters. The SMILES string of the molecule is CCOc1ccc(CNC(=O)CC2CCN(C(=O)c3ccc4nc(-c5ccccc5)oc4c3)CC2)cc1. The number of aromatic nitrogens is 1. The zero-order valence-electron chi connectivity index (χ0n) is 21.0. The maximum absolute atomic E-state index is 13.1. The number of carbonyl (C=O) groups is 2. The minimum atomic E-state index is -0.0158. The summed E-state index contributed by atoms with van der Waals surface area (Å²) < 4.78 is 11.4. The summed E-state index contributed by atoms with van der Waals surface area (Å²) in [6.07, 6.45) is 2.10. The van der Waals surface area contributed by atoms with Crippen molar-refractivity contribution in [2.45, 2.75) is 32.7 Å².